The lowest BCUT2D eigenvalue weighted by molar-refractivity contribution is 0.377. The zero-order valence-corrected chi connectivity index (χ0v) is 10.7. The zero-order valence-electron chi connectivity index (χ0n) is 10.7. The third-order valence-electron chi connectivity index (χ3n) is 3.77. The molecule has 96 valence electrons. The molecule has 0 saturated heterocycles. The summed E-state index contributed by atoms with van der Waals surface area (Å²) < 4.78 is 2.22. The van der Waals surface area contributed by atoms with Crippen molar-refractivity contribution in [3.05, 3.63) is 18.2 Å². The summed E-state index contributed by atoms with van der Waals surface area (Å²) in [6, 6.07) is 0.208. The molecule has 0 spiro atoms. The molecule has 3 N–H and O–H groups in total. The van der Waals surface area contributed by atoms with E-state index in [0.717, 1.165) is 31.1 Å². The minimum atomic E-state index is 0.208. The van der Waals surface area contributed by atoms with E-state index in [9.17, 15) is 0 Å². The third-order valence-corrected chi connectivity index (χ3v) is 3.77. The third kappa shape index (κ3) is 3.07. The van der Waals surface area contributed by atoms with Crippen LogP contribution in [0.1, 0.15) is 57.3 Å². The quantitative estimate of drug-likeness (QED) is 0.589. The van der Waals surface area contributed by atoms with E-state index in [4.69, 9.17) is 5.84 Å². The molecule has 1 aliphatic carbocycles. The maximum absolute atomic E-state index is 5.70. The highest BCUT2D eigenvalue weighted by molar-refractivity contribution is 5.00. The lowest BCUT2D eigenvalue weighted by Gasteiger charge is -2.20. The first-order chi connectivity index (χ1) is 8.35. The van der Waals surface area contributed by atoms with Gasteiger partial charge in [-0.15, -0.1) is 0 Å². The Bertz CT molecular complexity index is 328. The fraction of sp³-hybridized carbons (Fsp3) is 0.769. The summed E-state index contributed by atoms with van der Waals surface area (Å²) in [5, 5.41) is 0. The number of aryl methyl sites for hydroxylation is 1. The maximum Gasteiger partial charge on any atom is 0.127 e. The standard InChI is InChI=1S/C13H24N4/c1-2-8-17-9-7-15-13(17)12(16-14)10-11-5-3-4-6-11/h7,9,11-12,16H,2-6,8,10,14H2,1H3. The Hall–Kier alpha value is -0.870. The van der Waals surface area contributed by atoms with Crippen LogP contribution in [0, 0.1) is 5.92 Å². The van der Waals surface area contributed by atoms with Crippen LogP contribution in [0.25, 0.3) is 0 Å². The van der Waals surface area contributed by atoms with Crippen molar-refractivity contribution < 1.29 is 0 Å². The molecule has 1 saturated carbocycles. The number of nitrogens with zero attached hydrogens (tertiary/aromatic N) is 2. The number of aromatic nitrogens is 2. The molecular weight excluding hydrogens is 212 g/mol. The van der Waals surface area contributed by atoms with Crippen molar-refractivity contribution in [2.24, 2.45) is 11.8 Å². The predicted octanol–water partition coefficient (Wildman–Crippen LogP) is 2.38. The molecular formula is C13H24N4. The Morgan fingerprint density at radius 2 is 2.29 bits per heavy atom. The number of hydrogen-bond acceptors (Lipinski definition) is 3. The Morgan fingerprint density at radius 3 is 2.94 bits per heavy atom. The van der Waals surface area contributed by atoms with E-state index in [1.54, 1.807) is 0 Å². The highest BCUT2D eigenvalue weighted by atomic mass is 15.3. The van der Waals surface area contributed by atoms with E-state index in [2.05, 4.69) is 28.1 Å². The van der Waals surface area contributed by atoms with E-state index in [1.165, 1.54) is 25.7 Å². The van der Waals surface area contributed by atoms with Gasteiger partial charge >= 0.3 is 0 Å². The number of nitrogens with two attached hydrogens (primary N) is 1. The lowest BCUT2D eigenvalue weighted by atomic mass is 9.98. The van der Waals surface area contributed by atoms with E-state index < -0.39 is 0 Å². The number of rotatable bonds is 6. The lowest BCUT2D eigenvalue weighted by Crippen LogP contribution is -2.31. The highest BCUT2D eigenvalue weighted by Gasteiger charge is 2.23. The van der Waals surface area contributed by atoms with Crippen molar-refractivity contribution >= 4 is 0 Å². The summed E-state index contributed by atoms with van der Waals surface area (Å²) in [6.07, 6.45) is 11.7. The van der Waals surface area contributed by atoms with Gasteiger partial charge in [0.2, 0.25) is 0 Å². The second kappa shape index (κ2) is 6.17. The van der Waals surface area contributed by atoms with E-state index in [-0.39, 0.29) is 6.04 Å². The van der Waals surface area contributed by atoms with Gasteiger partial charge in [-0.2, -0.15) is 0 Å². The van der Waals surface area contributed by atoms with Gasteiger partial charge in [-0.3, -0.25) is 5.84 Å². The second-order valence-electron chi connectivity index (χ2n) is 5.08. The van der Waals surface area contributed by atoms with Gasteiger partial charge < -0.3 is 4.57 Å². The van der Waals surface area contributed by atoms with Crippen LogP contribution < -0.4 is 11.3 Å². The fourth-order valence-corrected chi connectivity index (χ4v) is 2.89. The van der Waals surface area contributed by atoms with Crippen LogP contribution in [0.2, 0.25) is 0 Å². The first-order valence-electron chi connectivity index (χ1n) is 6.82. The number of hydrazine groups is 1. The van der Waals surface area contributed by atoms with Gasteiger partial charge in [0.15, 0.2) is 0 Å². The molecule has 1 aliphatic rings. The van der Waals surface area contributed by atoms with Gasteiger partial charge in [0.1, 0.15) is 5.82 Å². The van der Waals surface area contributed by atoms with Crippen LogP contribution in [0.4, 0.5) is 0 Å². The van der Waals surface area contributed by atoms with Crippen LogP contribution in [0.5, 0.6) is 0 Å². The molecule has 2 rings (SSSR count). The highest BCUT2D eigenvalue weighted by Crippen LogP contribution is 2.32. The van der Waals surface area contributed by atoms with E-state index >= 15 is 0 Å². The number of hydrogen-bond donors (Lipinski definition) is 2. The molecule has 0 radical (unpaired) electrons. The zero-order chi connectivity index (χ0) is 12.1. The fourth-order valence-electron chi connectivity index (χ4n) is 2.89. The van der Waals surface area contributed by atoms with Crippen molar-refractivity contribution in [2.45, 2.75) is 58.0 Å². The molecule has 4 nitrogen and oxygen atoms in total. The minimum absolute atomic E-state index is 0.208. The Balaban J connectivity index is 2.02. The minimum Gasteiger partial charge on any atom is -0.334 e. The molecule has 1 aromatic rings. The van der Waals surface area contributed by atoms with E-state index in [0.29, 0.717) is 0 Å². The molecule has 1 fully saturated rings. The van der Waals surface area contributed by atoms with Crippen molar-refractivity contribution in [3.8, 4) is 0 Å². The predicted molar refractivity (Wildman–Crippen MR) is 69.2 cm³/mol. The van der Waals surface area contributed by atoms with Crippen LogP contribution >= 0.6 is 0 Å². The first kappa shape index (κ1) is 12.6. The molecule has 0 bridgehead atoms. The topological polar surface area (TPSA) is 55.9 Å². The Kier molecular flexibility index (Phi) is 4.57. The second-order valence-corrected chi connectivity index (χ2v) is 5.08. The molecule has 0 aromatic carbocycles. The van der Waals surface area contributed by atoms with Crippen LogP contribution in [-0.2, 0) is 6.54 Å². The molecule has 1 heterocycles. The van der Waals surface area contributed by atoms with Gasteiger partial charge in [0.25, 0.3) is 0 Å². The molecule has 1 atom stereocenters. The molecule has 17 heavy (non-hydrogen) atoms. The molecule has 1 aromatic heterocycles. The summed E-state index contributed by atoms with van der Waals surface area (Å²) >= 11 is 0. The van der Waals surface area contributed by atoms with Crippen LogP contribution in [0.3, 0.4) is 0 Å². The number of nitrogens with one attached hydrogen (secondary N) is 1. The van der Waals surface area contributed by atoms with Crippen LogP contribution in [-0.4, -0.2) is 9.55 Å². The Morgan fingerprint density at radius 1 is 1.53 bits per heavy atom. The van der Waals surface area contributed by atoms with Crippen molar-refractivity contribution in [3.63, 3.8) is 0 Å². The summed E-state index contributed by atoms with van der Waals surface area (Å²) in [7, 11) is 0. The first-order valence-corrected chi connectivity index (χ1v) is 6.82. The van der Waals surface area contributed by atoms with Gasteiger partial charge in [0, 0.05) is 18.9 Å². The van der Waals surface area contributed by atoms with Gasteiger partial charge in [-0.25, -0.2) is 10.4 Å². The summed E-state index contributed by atoms with van der Waals surface area (Å²) in [5.41, 5.74) is 2.95. The summed E-state index contributed by atoms with van der Waals surface area (Å²) in [5.74, 6) is 7.62. The van der Waals surface area contributed by atoms with Crippen molar-refractivity contribution in [1.82, 2.24) is 15.0 Å². The number of imidazole rings is 1. The summed E-state index contributed by atoms with van der Waals surface area (Å²) in [4.78, 5) is 4.47. The Labute approximate surface area is 104 Å². The average molecular weight is 236 g/mol. The van der Waals surface area contributed by atoms with Gasteiger partial charge in [-0.1, -0.05) is 32.6 Å². The maximum atomic E-state index is 5.70. The van der Waals surface area contributed by atoms with Crippen molar-refractivity contribution in [2.75, 3.05) is 0 Å². The van der Waals surface area contributed by atoms with Crippen LogP contribution in [0.15, 0.2) is 12.4 Å². The monoisotopic (exact) mass is 236 g/mol. The van der Waals surface area contributed by atoms with Gasteiger partial charge in [-0.05, 0) is 18.8 Å². The largest absolute Gasteiger partial charge is 0.334 e. The summed E-state index contributed by atoms with van der Waals surface area (Å²) in [6.45, 7) is 3.21. The molecule has 0 amide bonds. The molecule has 4 heteroatoms. The average Bonchev–Trinajstić information content (AvgIpc) is 2.97. The van der Waals surface area contributed by atoms with Gasteiger partial charge in [0.05, 0.1) is 6.04 Å². The van der Waals surface area contributed by atoms with Crippen molar-refractivity contribution in [1.29, 1.82) is 0 Å². The molecule has 0 aliphatic heterocycles. The molecule has 1 unspecified atom stereocenters. The smallest absolute Gasteiger partial charge is 0.127 e. The normalized spacial score (nSPS) is 18.7. The van der Waals surface area contributed by atoms with E-state index in [1.807, 2.05) is 6.20 Å². The SMILES string of the molecule is CCCn1ccnc1C(CC1CCCC1)NN.